The third-order valence-corrected chi connectivity index (χ3v) is 3.95. The summed E-state index contributed by atoms with van der Waals surface area (Å²) in [6, 6.07) is 11.7. The first-order chi connectivity index (χ1) is 12.0. The maximum absolute atomic E-state index is 12.8. The summed E-state index contributed by atoms with van der Waals surface area (Å²) in [5.74, 6) is 0.347. The van der Waals surface area contributed by atoms with Crippen LogP contribution >= 0.6 is 0 Å². The number of rotatable bonds is 5. The second-order valence-corrected chi connectivity index (χ2v) is 6.13. The SMILES string of the molecule is CCOC(=O)Cn1nc(C(C)C)n2cc(-c3ccccc3)cc2c1=O. The van der Waals surface area contributed by atoms with E-state index in [0.29, 0.717) is 5.52 Å². The van der Waals surface area contributed by atoms with E-state index < -0.39 is 5.97 Å². The second kappa shape index (κ2) is 6.93. The number of hydrogen-bond donors (Lipinski definition) is 0. The van der Waals surface area contributed by atoms with Gasteiger partial charge >= 0.3 is 5.97 Å². The Morgan fingerprint density at radius 3 is 2.56 bits per heavy atom. The van der Waals surface area contributed by atoms with Gasteiger partial charge in [-0.3, -0.25) is 14.0 Å². The van der Waals surface area contributed by atoms with Crippen molar-refractivity contribution >= 4 is 11.5 Å². The van der Waals surface area contributed by atoms with Crippen molar-refractivity contribution in [2.24, 2.45) is 0 Å². The zero-order valence-corrected chi connectivity index (χ0v) is 14.6. The van der Waals surface area contributed by atoms with Crippen LogP contribution in [0.25, 0.3) is 16.6 Å². The third kappa shape index (κ3) is 3.33. The predicted molar refractivity (Wildman–Crippen MR) is 95.6 cm³/mol. The highest BCUT2D eigenvalue weighted by atomic mass is 16.5. The third-order valence-electron chi connectivity index (χ3n) is 3.95. The molecule has 3 aromatic rings. The summed E-state index contributed by atoms with van der Waals surface area (Å²) in [5.41, 5.74) is 2.16. The summed E-state index contributed by atoms with van der Waals surface area (Å²) in [7, 11) is 0. The number of nitrogens with zero attached hydrogens (tertiary/aromatic N) is 3. The first-order valence-corrected chi connectivity index (χ1v) is 8.35. The van der Waals surface area contributed by atoms with E-state index >= 15 is 0 Å². The van der Waals surface area contributed by atoms with Gasteiger partial charge < -0.3 is 4.74 Å². The topological polar surface area (TPSA) is 65.6 Å². The summed E-state index contributed by atoms with van der Waals surface area (Å²) in [6.07, 6.45) is 1.92. The van der Waals surface area contributed by atoms with Crippen LogP contribution in [-0.2, 0) is 16.1 Å². The molecule has 1 aromatic carbocycles. The molecule has 0 aliphatic carbocycles. The lowest BCUT2D eigenvalue weighted by molar-refractivity contribution is -0.144. The Labute approximate surface area is 145 Å². The summed E-state index contributed by atoms with van der Waals surface area (Å²) in [6.45, 7) is 5.83. The van der Waals surface area contributed by atoms with Crippen LogP contribution in [0.15, 0.2) is 47.4 Å². The molecule has 2 heterocycles. The molecule has 0 fully saturated rings. The number of aromatic nitrogens is 3. The maximum Gasteiger partial charge on any atom is 0.327 e. The minimum Gasteiger partial charge on any atom is -0.465 e. The molecule has 0 aliphatic rings. The van der Waals surface area contributed by atoms with E-state index in [1.807, 2.05) is 60.8 Å². The summed E-state index contributed by atoms with van der Waals surface area (Å²) < 4.78 is 7.95. The number of hydrogen-bond acceptors (Lipinski definition) is 4. The number of esters is 1. The number of fused-ring (bicyclic) bond motifs is 1. The lowest BCUT2D eigenvalue weighted by atomic mass is 10.1. The second-order valence-electron chi connectivity index (χ2n) is 6.13. The van der Waals surface area contributed by atoms with E-state index in [4.69, 9.17) is 4.74 Å². The summed E-state index contributed by atoms with van der Waals surface area (Å²) in [4.78, 5) is 24.5. The lowest BCUT2D eigenvalue weighted by Gasteiger charge is -2.12. The van der Waals surface area contributed by atoms with E-state index in [0.717, 1.165) is 17.0 Å². The van der Waals surface area contributed by atoms with Crippen LogP contribution in [0.1, 0.15) is 32.5 Å². The Balaban J connectivity index is 2.17. The van der Waals surface area contributed by atoms with Crippen molar-refractivity contribution in [3.05, 3.63) is 58.8 Å². The zero-order valence-electron chi connectivity index (χ0n) is 14.6. The van der Waals surface area contributed by atoms with E-state index in [1.54, 1.807) is 6.92 Å². The van der Waals surface area contributed by atoms with Crippen LogP contribution in [0.4, 0.5) is 0 Å². The fourth-order valence-electron chi connectivity index (χ4n) is 2.78. The Hall–Kier alpha value is -2.89. The molecule has 3 rings (SSSR count). The number of carbonyl (C=O) groups excluding carboxylic acids is 1. The Morgan fingerprint density at radius 1 is 1.20 bits per heavy atom. The van der Waals surface area contributed by atoms with Crippen LogP contribution in [0.2, 0.25) is 0 Å². The van der Waals surface area contributed by atoms with Crippen LogP contribution in [-0.4, -0.2) is 26.8 Å². The van der Waals surface area contributed by atoms with E-state index in [2.05, 4.69) is 5.10 Å². The average molecular weight is 339 g/mol. The van der Waals surface area contributed by atoms with Crippen molar-refractivity contribution in [2.45, 2.75) is 33.2 Å². The van der Waals surface area contributed by atoms with Gasteiger partial charge in [0, 0.05) is 17.7 Å². The summed E-state index contributed by atoms with van der Waals surface area (Å²) in [5, 5.41) is 4.40. The minimum absolute atomic E-state index is 0.0903. The number of carbonyl (C=O) groups is 1. The normalized spacial score (nSPS) is 11.2. The minimum atomic E-state index is -0.467. The first kappa shape index (κ1) is 17.0. The van der Waals surface area contributed by atoms with Gasteiger partial charge in [-0.05, 0) is 18.6 Å². The molecule has 0 N–H and O–H groups in total. The van der Waals surface area contributed by atoms with Crippen molar-refractivity contribution in [3.63, 3.8) is 0 Å². The fourth-order valence-corrected chi connectivity index (χ4v) is 2.78. The highest BCUT2D eigenvalue weighted by Gasteiger charge is 2.17. The van der Waals surface area contributed by atoms with Crippen molar-refractivity contribution < 1.29 is 9.53 Å². The quantitative estimate of drug-likeness (QED) is 0.671. The van der Waals surface area contributed by atoms with Crippen LogP contribution in [0, 0.1) is 0 Å². The Kier molecular flexibility index (Phi) is 4.70. The van der Waals surface area contributed by atoms with Crippen LogP contribution < -0.4 is 5.56 Å². The first-order valence-electron chi connectivity index (χ1n) is 8.35. The van der Waals surface area contributed by atoms with Gasteiger partial charge in [0.2, 0.25) is 0 Å². The van der Waals surface area contributed by atoms with Crippen LogP contribution in [0.3, 0.4) is 0 Å². The molecule has 0 amide bonds. The van der Waals surface area contributed by atoms with Gasteiger partial charge in [-0.15, -0.1) is 0 Å². The zero-order chi connectivity index (χ0) is 18.0. The van der Waals surface area contributed by atoms with E-state index in [1.165, 1.54) is 4.68 Å². The predicted octanol–water partition coefficient (Wildman–Crippen LogP) is 2.85. The maximum atomic E-state index is 12.8. The molecule has 0 unspecified atom stereocenters. The highest BCUT2D eigenvalue weighted by molar-refractivity contribution is 5.71. The molecule has 2 aromatic heterocycles. The molecule has 0 saturated heterocycles. The molecule has 6 nitrogen and oxygen atoms in total. The molecule has 0 aliphatic heterocycles. The van der Waals surface area contributed by atoms with Gasteiger partial charge in [-0.2, -0.15) is 5.10 Å². The molecule has 25 heavy (non-hydrogen) atoms. The van der Waals surface area contributed by atoms with Crippen molar-refractivity contribution in [1.82, 2.24) is 14.2 Å². The molecule has 0 spiro atoms. The van der Waals surface area contributed by atoms with Gasteiger partial charge in [-0.1, -0.05) is 44.2 Å². The largest absolute Gasteiger partial charge is 0.465 e. The molecular weight excluding hydrogens is 318 g/mol. The highest BCUT2D eigenvalue weighted by Crippen LogP contribution is 2.23. The smallest absolute Gasteiger partial charge is 0.327 e. The van der Waals surface area contributed by atoms with Gasteiger partial charge in [-0.25, -0.2) is 4.68 Å². The standard InChI is InChI=1S/C19H21N3O3/c1-4-25-17(23)12-22-19(24)16-10-15(14-8-6-5-7-9-14)11-21(16)18(20-22)13(2)3/h5-11,13H,4,12H2,1-3H3. The molecule has 0 saturated carbocycles. The molecule has 0 atom stereocenters. The van der Waals surface area contributed by atoms with Gasteiger partial charge in [0.05, 0.1) is 6.61 Å². The number of ether oxygens (including phenoxy) is 1. The summed E-state index contributed by atoms with van der Waals surface area (Å²) >= 11 is 0. The van der Waals surface area contributed by atoms with E-state index in [9.17, 15) is 9.59 Å². The molecule has 6 heteroatoms. The van der Waals surface area contributed by atoms with Gasteiger partial charge in [0.15, 0.2) is 0 Å². The molecule has 0 bridgehead atoms. The molecule has 130 valence electrons. The van der Waals surface area contributed by atoms with E-state index in [-0.39, 0.29) is 24.6 Å². The Bertz CT molecular complexity index is 955. The average Bonchev–Trinajstić information content (AvgIpc) is 3.04. The number of benzene rings is 1. The fraction of sp³-hybridized carbons (Fsp3) is 0.316. The van der Waals surface area contributed by atoms with Gasteiger partial charge in [0.25, 0.3) is 5.56 Å². The lowest BCUT2D eigenvalue weighted by Crippen LogP contribution is -2.30. The molecule has 0 radical (unpaired) electrons. The van der Waals surface area contributed by atoms with Crippen LogP contribution in [0.5, 0.6) is 0 Å². The van der Waals surface area contributed by atoms with Gasteiger partial charge in [0.1, 0.15) is 17.9 Å². The molecular formula is C19H21N3O3. The van der Waals surface area contributed by atoms with Crippen molar-refractivity contribution in [2.75, 3.05) is 6.61 Å². The monoisotopic (exact) mass is 339 g/mol. The van der Waals surface area contributed by atoms with Crippen molar-refractivity contribution in [3.8, 4) is 11.1 Å². The van der Waals surface area contributed by atoms with Crippen molar-refractivity contribution in [1.29, 1.82) is 0 Å². The Morgan fingerprint density at radius 2 is 1.92 bits per heavy atom.